The maximum Gasteiger partial charge on any atom is 0.0695 e. The van der Waals surface area contributed by atoms with Crippen LogP contribution in [0.1, 0.15) is 52.4 Å². The van der Waals surface area contributed by atoms with Gasteiger partial charge < -0.3 is 5.11 Å². The highest BCUT2D eigenvalue weighted by Crippen LogP contribution is 2.33. The van der Waals surface area contributed by atoms with Gasteiger partial charge >= 0.3 is 0 Å². The lowest BCUT2D eigenvalue weighted by Crippen LogP contribution is -2.50. The molecular formula is C13H25NO. The van der Waals surface area contributed by atoms with Gasteiger partial charge in [0, 0.05) is 6.04 Å². The highest BCUT2D eigenvalue weighted by molar-refractivity contribution is 4.87. The number of nitrogens with zero attached hydrogens (tertiary/aromatic N) is 1. The average molecular weight is 211 g/mol. The van der Waals surface area contributed by atoms with Gasteiger partial charge in [0.05, 0.1) is 6.10 Å². The van der Waals surface area contributed by atoms with E-state index in [1.165, 1.54) is 45.2 Å². The van der Waals surface area contributed by atoms with Gasteiger partial charge in [0.25, 0.3) is 0 Å². The third-order valence-corrected chi connectivity index (χ3v) is 4.31. The quantitative estimate of drug-likeness (QED) is 0.720. The molecule has 1 aliphatic carbocycles. The minimum absolute atomic E-state index is 0.0556. The van der Waals surface area contributed by atoms with Crippen molar-refractivity contribution in [1.82, 2.24) is 4.90 Å². The summed E-state index contributed by atoms with van der Waals surface area (Å²) in [6, 6.07) is 0.467. The average Bonchev–Trinajstić information content (AvgIpc) is 2.19. The molecule has 0 aromatic heterocycles. The van der Waals surface area contributed by atoms with Crippen LogP contribution in [0.5, 0.6) is 0 Å². The molecular weight excluding hydrogens is 186 g/mol. The molecule has 2 fully saturated rings. The van der Waals surface area contributed by atoms with E-state index in [-0.39, 0.29) is 6.10 Å². The lowest BCUT2D eigenvalue weighted by Gasteiger charge is -2.44. The van der Waals surface area contributed by atoms with Crippen LogP contribution in [-0.4, -0.2) is 35.2 Å². The zero-order chi connectivity index (χ0) is 10.9. The first-order valence-electron chi connectivity index (χ1n) is 6.51. The molecule has 2 aliphatic rings. The second-order valence-electron chi connectivity index (χ2n) is 6.12. The number of likely N-dealkylation sites (tertiary alicyclic amines) is 1. The van der Waals surface area contributed by atoms with Gasteiger partial charge in [0.2, 0.25) is 0 Å². The Hall–Kier alpha value is -0.0800. The summed E-state index contributed by atoms with van der Waals surface area (Å²) in [5.74, 6) is 0. The van der Waals surface area contributed by atoms with E-state index in [9.17, 15) is 5.11 Å². The second kappa shape index (κ2) is 4.42. The first-order valence-corrected chi connectivity index (χ1v) is 6.51. The first kappa shape index (κ1) is 11.4. The van der Waals surface area contributed by atoms with Crippen LogP contribution in [0.3, 0.4) is 0 Å². The zero-order valence-electron chi connectivity index (χ0n) is 10.2. The number of piperidine rings is 1. The van der Waals surface area contributed by atoms with Gasteiger partial charge in [0.15, 0.2) is 0 Å². The fourth-order valence-electron chi connectivity index (χ4n) is 2.98. The van der Waals surface area contributed by atoms with E-state index in [4.69, 9.17) is 0 Å². The Kier molecular flexibility index (Phi) is 3.36. The van der Waals surface area contributed by atoms with Gasteiger partial charge in [0.1, 0.15) is 0 Å². The first-order chi connectivity index (χ1) is 7.08. The van der Waals surface area contributed by atoms with E-state index in [1.54, 1.807) is 0 Å². The molecule has 1 aliphatic heterocycles. The van der Waals surface area contributed by atoms with E-state index < -0.39 is 0 Å². The number of rotatable bonds is 1. The van der Waals surface area contributed by atoms with E-state index in [0.29, 0.717) is 11.5 Å². The molecule has 1 N–H and O–H groups in total. The lowest BCUT2D eigenvalue weighted by atomic mass is 9.81. The summed E-state index contributed by atoms with van der Waals surface area (Å²) in [6.45, 7) is 7.10. The number of hydrogen-bond donors (Lipinski definition) is 1. The molecule has 1 saturated carbocycles. The second-order valence-corrected chi connectivity index (χ2v) is 6.12. The predicted molar refractivity (Wildman–Crippen MR) is 62.9 cm³/mol. The Labute approximate surface area is 93.7 Å². The van der Waals surface area contributed by atoms with Crippen LogP contribution in [0.25, 0.3) is 0 Å². The molecule has 0 aromatic carbocycles. The molecule has 2 rings (SSSR count). The van der Waals surface area contributed by atoms with Crippen molar-refractivity contribution in [3.05, 3.63) is 0 Å². The zero-order valence-corrected chi connectivity index (χ0v) is 10.2. The van der Waals surface area contributed by atoms with Crippen molar-refractivity contribution in [2.24, 2.45) is 5.41 Å². The Morgan fingerprint density at radius 1 is 1.07 bits per heavy atom. The highest BCUT2D eigenvalue weighted by Gasteiger charge is 2.33. The Balaban J connectivity index is 1.89. The van der Waals surface area contributed by atoms with Crippen molar-refractivity contribution < 1.29 is 5.11 Å². The van der Waals surface area contributed by atoms with Crippen molar-refractivity contribution in [2.45, 2.75) is 64.5 Å². The van der Waals surface area contributed by atoms with Gasteiger partial charge in [-0.25, -0.2) is 0 Å². The van der Waals surface area contributed by atoms with Crippen LogP contribution in [0.2, 0.25) is 0 Å². The molecule has 2 atom stereocenters. The number of aliphatic hydroxyl groups excluding tert-OH is 1. The summed E-state index contributed by atoms with van der Waals surface area (Å²) in [7, 11) is 0. The van der Waals surface area contributed by atoms with Gasteiger partial charge in [-0.1, -0.05) is 26.7 Å². The van der Waals surface area contributed by atoms with E-state index in [2.05, 4.69) is 18.7 Å². The van der Waals surface area contributed by atoms with E-state index in [1.807, 2.05) is 0 Å². The molecule has 0 unspecified atom stereocenters. The van der Waals surface area contributed by atoms with Crippen molar-refractivity contribution >= 4 is 0 Å². The van der Waals surface area contributed by atoms with Crippen LogP contribution in [0.15, 0.2) is 0 Å². The van der Waals surface area contributed by atoms with Gasteiger partial charge in [-0.2, -0.15) is 0 Å². The van der Waals surface area contributed by atoms with Crippen LogP contribution >= 0.6 is 0 Å². The molecule has 0 radical (unpaired) electrons. The molecule has 2 heteroatoms. The number of aliphatic hydroxyl groups is 1. The molecule has 88 valence electrons. The summed E-state index contributed by atoms with van der Waals surface area (Å²) in [5, 5.41) is 10.0. The van der Waals surface area contributed by atoms with Gasteiger partial charge in [-0.05, 0) is 44.2 Å². The summed E-state index contributed by atoms with van der Waals surface area (Å²) < 4.78 is 0. The van der Waals surface area contributed by atoms with Crippen molar-refractivity contribution in [3.8, 4) is 0 Å². The Morgan fingerprint density at radius 2 is 1.67 bits per heavy atom. The lowest BCUT2D eigenvalue weighted by molar-refractivity contribution is -0.00608. The monoisotopic (exact) mass is 211 g/mol. The van der Waals surface area contributed by atoms with Crippen molar-refractivity contribution in [1.29, 1.82) is 0 Å². The summed E-state index contributed by atoms with van der Waals surface area (Å²) in [5.41, 5.74) is 0.524. The maximum atomic E-state index is 10.0. The molecule has 0 amide bonds. The Bertz CT molecular complexity index is 205. The van der Waals surface area contributed by atoms with Crippen LogP contribution in [0, 0.1) is 5.41 Å². The fraction of sp³-hybridized carbons (Fsp3) is 1.00. The van der Waals surface area contributed by atoms with Crippen LogP contribution in [-0.2, 0) is 0 Å². The van der Waals surface area contributed by atoms with E-state index >= 15 is 0 Å². The minimum Gasteiger partial charge on any atom is -0.391 e. The van der Waals surface area contributed by atoms with Crippen LogP contribution < -0.4 is 0 Å². The topological polar surface area (TPSA) is 23.5 Å². The SMILES string of the molecule is CC1(C)CCN([C@H]2CCCC[C@@H]2O)CC1. The maximum absolute atomic E-state index is 10.0. The highest BCUT2D eigenvalue weighted by atomic mass is 16.3. The third kappa shape index (κ3) is 2.73. The molecule has 15 heavy (non-hydrogen) atoms. The smallest absolute Gasteiger partial charge is 0.0695 e. The molecule has 1 heterocycles. The molecule has 1 saturated heterocycles. The molecule has 2 nitrogen and oxygen atoms in total. The fourth-order valence-corrected chi connectivity index (χ4v) is 2.98. The standard InChI is InChI=1S/C13H25NO/c1-13(2)7-9-14(10-8-13)11-5-3-4-6-12(11)15/h11-12,15H,3-10H2,1-2H3/t11-,12-/m0/s1. The summed E-state index contributed by atoms with van der Waals surface area (Å²) >= 11 is 0. The van der Waals surface area contributed by atoms with Crippen molar-refractivity contribution in [2.75, 3.05) is 13.1 Å². The summed E-state index contributed by atoms with van der Waals surface area (Å²) in [6.07, 6.45) is 7.27. The molecule has 0 bridgehead atoms. The largest absolute Gasteiger partial charge is 0.391 e. The number of hydrogen-bond acceptors (Lipinski definition) is 2. The Morgan fingerprint density at radius 3 is 2.27 bits per heavy atom. The van der Waals surface area contributed by atoms with Crippen molar-refractivity contribution in [3.63, 3.8) is 0 Å². The van der Waals surface area contributed by atoms with E-state index in [0.717, 1.165) is 6.42 Å². The van der Waals surface area contributed by atoms with Gasteiger partial charge in [-0.15, -0.1) is 0 Å². The normalized spacial score (nSPS) is 37.8. The molecule has 0 aromatic rings. The minimum atomic E-state index is -0.0556. The third-order valence-electron chi connectivity index (χ3n) is 4.31. The molecule has 0 spiro atoms. The summed E-state index contributed by atoms with van der Waals surface area (Å²) in [4.78, 5) is 2.54. The predicted octanol–water partition coefficient (Wildman–Crippen LogP) is 2.41. The van der Waals surface area contributed by atoms with Crippen LogP contribution in [0.4, 0.5) is 0 Å². The van der Waals surface area contributed by atoms with Gasteiger partial charge in [-0.3, -0.25) is 4.90 Å².